The molecule has 0 fully saturated rings. The summed E-state index contributed by atoms with van der Waals surface area (Å²) in [4.78, 5) is 12.0. The van der Waals surface area contributed by atoms with Gasteiger partial charge in [0.05, 0.1) is 0 Å². The quantitative estimate of drug-likeness (QED) is 0.812. The Morgan fingerprint density at radius 3 is 2.72 bits per heavy atom. The average Bonchev–Trinajstić information content (AvgIpc) is 2.34. The van der Waals surface area contributed by atoms with Crippen LogP contribution in [0.5, 0.6) is 0 Å². The van der Waals surface area contributed by atoms with Gasteiger partial charge in [-0.3, -0.25) is 4.79 Å². The molecule has 3 heteroatoms. The summed E-state index contributed by atoms with van der Waals surface area (Å²) in [5, 5.41) is 3.00. The van der Waals surface area contributed by atoms with E-state index in [4.69, 9.17) is 5.73 Å². The van der Waals surface area contributed by atoms with Crippen molar-refractivity contribution in [1.29, 1.82) is 0 Å². The van der Waals surface area contributed by atoms with Crippen LogP contribution in [-0.2, 0) is 0 Å². The second kappa shape index (κ2) is 6.55. The molecule has 0 aliphatic rings. The van der Waals surface area contributed by atoms with Crippen molar-refractivity contribution in [3.8, 4) is 0 Å². The van der Waals surface area contributed by atoms with Crippen molar-refractivity contribution in [3.63, 3.8) is 0 Å². The lowest BCUT2D eigenvalue weighted by Crippen LogP contribution is -2.34. The zero-order chi connectivity index (χ0) is 13.6. The van der Waals surface area contributed by atoms with Crippen molar-refractivity contribution in [2.45, 2.75) is 33.6 Å². The van der Waals surface area contributed by atoms with E-state index in [1.165, 1.54) is 0 Å². The van der Waals surface area contributed by atoms with Crippen LogP contribution in [-0.4, -0.2) is 19.0 Å². The summed E-state index contributed by atoms with van der Waals surface area (Å²) in [6, 6.07) is 7.64. The second-order valence-electron chi connectivity index (χ2n) is 5.61. The summed E-state index contributed by atoms with van der Waals surface area (Å²) >= 11 is 0. The van der Waals surface area contributed by atoms with Gasteiger partial charge in [0.15, 0.2) is 0 Å². The first-order valence-electron chi connectivity index (χ1n) is 6.49. The van der Waals surface area contributed by atoms with Crippen LogP contribution in [0.4, 0.5) is 0 Å². The van der Waals surface area contributed by atoms with Crippen LogP contribution in [0.1, 0.15) is 42.6 Å². The maximum Gasteiger partial charge on any atom is 0.251 e. The highest BCUT2D eigenvalue weighted by atomic mass is 16.1. The lowest BCUT2D eigenvalue weighted by molar-refractivity contribution is 0.0934. The zero-order valence-corrected chi connectivity index (χ0v) is 11.6. The Labute approximate surface area is 110 Å². The third-order valence-electron chi connectivity index (χ3n) is 3.07. The van der Waals surface area contributed by atoms with Gasteiger partial charge in [0.25, 0.3) is 5.91 Å². The number of rotatable bonds is 6. The Balaban J connectivity index is 2.50. The highest BCUT2D eigenvalue weighted by Gasteiger charge is 2.18. The van der Waals surface area contributed by atoms with Gasteiger partial charge < -0.3 is 11.1 Å². The van der Waals surface area contributed by atoms with Crippen LogP contribution in [0, 0.1) is 12.3 Å². The molecule has 0 radical (unpaired) electrons. The molecule has 0 bridgehead atoms. The van der Waals surface area contributed by atoms with Gasteiger partial charge >= 0.3 is 0 Å². The monoisotopic (exact) mass is 248 g/mol. The first kappa shape index (κ1) is 14.7. The van der Waals surface area contributed by atoms with Gasteiger partial charge in [-0.25, -0.2) is 0 Å². The average molecular weight is 248 g/mol. The van der Waals surface area contributed by atoms with Gasteiger partial charge in [-0.15, -0.1) is 0 Å². The Bertz CT molecular complexity index is 399. The van der Waals surface area contributed by atoms with Gasteiger partial charge in [-0.1, -0.05) is 31.5 Å². The molecule has 18 heavy (non-hydrogen) atoms. The van der Waals surface area contributed by atoms with Crippen LogP contribution < -0.4 is 11.1 Å². The molecule has 3 N–H and O–H groups in total. The Kier molecular flexibility index (Phi) is 5.35. The smallest absolute Gasteiger partial charge is 0.251 e. The fourth-order valence-electron chi connectivity index (χ4n) is 1.88. The van der Waals surface area contributed by atoms with Crippen LogP contribution in [0.25, 0.3) is 0 Å². The van der Waals surface area contributed by atoms with Gasteiger partial charge in [0.1, 0.15) is 0 Å². The molecule has 1 aromatic carbocycles. The number of aryl methyl sites for hydroxylation is 1. The van der Waals surface area contributed by atoms with E-state index in [2.05, 4.69) is 19.2 Å². The van der Waals surface area contributed by atoms with Crippen molar-refractivity contribution in [2.75, 3.05) is 13.1 Å². The topological polar surface area (TPSA) is 55.1 Å². The lowest BCUT2D eigenvalue weighted by atomic mass is 9.87. The fraction of sp³-hybridized carbons (Fsp3) is 0.533. The van der Waals surface area contributed by atoms with Gasteiger partial charge in [0, 0.05) is 12.1 Å². The molecule has 1 amide bonds. The van der Waals surface area contributed by atoms with Crippen molar-refractivity contribution in [3.05, 3.63) is 35.4 Å². The van der Waals surface area contributed by atoms with Crippen molar-refractivity contribution in [1.82, 2.24) is 5.32 Å². The molecule has 0 unspecified atom stereocenters. The largest absolute Gasteiger partial charge is 0.352 e. The predicted molar refractivity (Wildman–Crippen MR) is 75.6 cm³/mol. The SMILES string of the molecule is Cc1cccc(C(=O)NCC(C)(C)CCCN)c1. The molecule has 0 aromatic heterocycles. The molecule has 1 aromatic rings. The van der Waals surface area contributed by atoms with Crippen LogP contribution in [0.15, 0.2) is 24.3 Å². The van der Waals surface area contributed by atoms with Gasteiger partial charge in [-0.05, 0) is 43.9 Å². The zero-order valence-electron chi connectivity index (χ0n) is 11.6. The third kappa shape index (κ3) is 4.88. The van der Waals surface area contributed by atoms with E-state index in [1.807, 2.05) is 31.2 Å². The maximum atomic E-state index is 12.0. The summed E-state index contributed by atoms with van der Waals surface area (Å²) in [6.45, 7) is 7.68. The Morgan fingerprint density at radius 2 is 2.11 bits per heavy atom. The minimum absolute atomic E-state index is 0.000441. The number of hydrogen-bond acceptors (Lipinski definition) is 2. The number of hydrogen-bond donors (Lipinski definition) is 2. The Morgan fingerprint density at radius 1 is 1.39 bits per heavy atom. The highest BCUT2D eigenvalue weighted by molar-refractivity contribution is 5.94. The molecule has 1 rings (SSSR count). The van der Waals surface area contributed by atoms with E-state index in [0.29, 0.717) is 13.1 Å². The molecule has 3 nitrogen and oxygen atoms in total. The summed E-state index contributed by atoms with van der Waals surface area (Å²) in [5.74, 6) is -0.000441. The predicted octanol–water partition coefficient (Wildman–Crippen LogP) is 2.49. The molecule has 100 valence electrons. The molecule has 0 atom stereocenters. The van der Waals surface area contributed by atoms with E-state index in [1.54, 1.807) is 0 Å². The lowest BCUT2D eigenvalue weighted by Gasteiger charge is -2.24. The van der Waals surface area contributed by atoms with Crippen molar-refractivity contribution < 1.29 is 4.79 Å². The Hall–Kier alpha value is -1.35. The molecular formula is C15H24N2O. The molecule has 0 saturated heterocycles. The second-order valence-corrected chi connectivity index (χ2v) is 5.61. The van der Waals surface area contributed by atoms with E-state index in [-0.39, 0.29) is 11.3 Å². The maximum absolute atomic E-state index is 12.0. The minimum atomic E-state index is -0.000441. The summed E-state index contributed by atoms with van der Waals surface area (Å²) < 4.78 is 0. The van der Waals surface area contributed by atoms with Gasteiger partial charge in [-0.2, -0.15) is 0 Å². The number of nitrogens with two attached hydrogens (primary N) is 1. The number of nitrogens with one attached hydrogen (secondary N) is 1. The van der Waals surface area contributed by atoms with Gasteiger partial charge in [0.2, 0.25) is 0 Å². The van der Waals surface area contributed by atoms with E-state index < -0.39 is 0 Å². The van der Waals surface area contributed by atoms with Crippen molar-refractivity contribution in [2.24, 2.45) is 11.1 Å². The van der Waals surface area contributed by atoms with Crippen LogP contribution >= 0.6 is 0 Å². The van der Waals surface area contributed by atoms with E-state index in [9.17, 15) is 4.79 Å². The van der Waals surface area contributed by atoms with E-state index in [0.717, 1.165) is 24.0 Å². The molecule has 0 aliphatic heterocycles. The standard InChI is InChI=1S/C15H24N2O/c1-12-6-4-7-13(10-12)14(18)17-11-15(2,3)8-5-9-16/h4,6-7,10H,5,8-9,11,16H2,1-3H3,(H,17,18). The summed E-state index contributed by atoms with van der Waals surface area (Å²) in [5.41, 5.74) is 7.44. The number of carbonyl (C=O) groups is 1. The van der Waals surface area contributed by atoms with E-state index >= 15 is 0 Å². The first-order chi connectivity index (χ1) is 8.44. The van der Waals surface area contributed by atoms with Crippen molar-refractivity contribution >= 4 is 5.91 Å². The normalized spacial score (nSPS) is 11.3. The number of benzene rings is 1. The fourth-order valence-corrected chi connectivity index (χ4v) is 1.88. The third-order valence-corrected chi connectivity index (χ3v) is 3.07. The van der Waals surface area contributed by atoms with Crippen LogP contribution in [0.2, 0.25) is 0 Å². The molecule has 0 heterocycles. The van der Waals surface area contributed by atoms with Crippen LogP contribution in [0.3, 0.4) is 0 Å². The number of carbonyl (C=O) groups excluding carboxylic acids is 1. The summed E-state index contributed by atoms with van der Waals surface area (Å²) in [7, 11) is 0. The molecule has 0 saturated carbocycles. The molecule has 0 spiro atoms. The molecular weight excluding hydrogens is 224 g/mol. The minimum Gasteiger partial charge on any atom is -0.352 e. The molecule has 0 aliphatic carbocycles. The number of amides is 1. The first-order valence-corrected chi connectivity index (χ1v) is 6.49. The highest BCUT2D eigenvalue weighted by Crippen LogP contribution is 2.20. The summed E-state index contributed by atoms with van der Waals surface area (Å²) in [6.07, 6.45) is 2.02.